The van der Waals surface area contributed by atoms with Gasteiger partial charge in [-0.25, -0.2) is 9.59 Å². The summed E-state index contributed by atoms with van der Waals surface area (Å²) >= 11 is 0. The fourth-order valence-corrected chi connectivity index (χ4v) is 1.55. The summed E-state index contributed by atoms with van der Waals surface area (Å²) in [5.41, 5.74) is 0.828. The normalized spacial score (nSPS) is 9.76. The van der Waals surface area contributed by atoms with Crippen molar-refractivity contribution in [1.82, 2.24) is 16.0 Å². The van der Waals surface area contributed by atoms with Crippen molar-refractivity contribution in [3.05, 3.63) is 35.4 Å². The smallest absolute Gasteiger partial charge is 0.335 e. The standard InChI is InChI=1S/C14H19N3O4/c1-2-6-15-12(18)9-17-14(21)16-8-10-4-3-5-11(7-10)13(19)20/h3-5,7H,2,6,8-9H2,1H3,(H,15,18)(H,19,20)(H2,16,17,21). The Morgan fingerprint density at radius 1 is 1.14 bits per heavy atom. The molecule has 7 nitrogen and oxygen atoms in total. The molecule has 0 fully saturated rings. The summed E-state index contributed by atoms with van der Waals surface area (Å²) in [6.07, 6.45) is 0.831. The van der Waals surface area contributed by atoms with Gasteiger partial charge in [0.25, 0.3) is 0 Å². The van der Waals surface area contributed by atoms with Crippen molar-refractivity contribution in [3.63, 3.8) is 0 Å². The van der Waals surface area contributed by atoms with E-state index in [0.717, 1.165) is 6.42 Å². The number of hydrogen-bond acceptors (Lipinski definition) is 3. The molecule has 0 spiro atoms. The second-order valence-corrected chi connectivity index (χ2v) is 4.39. The van der Waals surface area contributed by atoms with Gasteiger partial charge >= 0.3 is 12.0 Å². The maximum atomic E-state index is 11.5. The van der Waals surface area contributed by atoms with Crippen LogP contribution < -0.4 is 16.0 Å². The predicted molar refractivity (Wildman–Crippen MR) is 76.9 cm³/mol. The molecule has 0 bridgehead atoms. The number of rotatable bonds is 7. The van der Waals surface area contributed by atoms with Crippen LogP contribution in [0.15, 0.2) is 24.3 Å². The van der Waals surface area contributed by atoms with Crippen LogP contribution in [-0.4, -0.2) is 36.1 Å². The molecular weight excluding hydrogens is 274 g/mol. The van der Waals surface area contributed by atoms with E-state index in [4.69, 9.17) is 5.11 Å². The van der Waals surface area contributed by atoms with Crippen molar-refractivity contribution in [2.24, 2.45) is 0 Å². The second kappa shape index (κ2) is 8.57. The van der Waals surface area contributed by atoms with Crippen molar-refractivity contribution >= 4 is 17.9 Å². The molecule has 0 aliphatic heterocycles. The van der Waals surface area contributed by atoms with Crippen molar-refractivity contribution in [2.45, 2.75) is 19.9 Å². The molecule has 1 aromatic rings. The molecule has 1 rings (SSSR count). The lowest BCUT2D eigenvalue weighted by molar-refractivity contribution is -0.120. The van der Waals surface area contributed by atoms with E-state index >= 15 is 0 Å². The number of hydrogen-bond donors (Lipinski definition) is 4. The molecule has 4 N–H and O–H groups in total. The Morgan fingerprint density at radius 3 is 2.57 bits per heavy atom. The topological polar surface area (TPSA) is 108 Å². The molecule has 0 atom stereocenters. The molecule has 7 heteroatoms. The Bertz CT molecular complexity index is 517. The second-order valence-electron chi connectivity index (χ2n) is 4.39. The molecule has 0 heterocycles. The Kier molecular flexibility index (Phi) is 6.73. The largest absolute Gasteiger partial charge is 0.478 e. The Hall–Kier alpha value is -2.57. The molecule has 0 radical (unpaired) electrons. The fraction of sp³-hybridized carbons (Fsp3) is 0.357. The number of amides is 3. The lowest BCUT2D eigenvalue weighted by Crippen LogP contribution is -2.41. The first-order valence-corrected chi connectivity index (χ1v) is 6.63. The van der Waals surface area contributed by atoms with E-state index in [-0.39, 0.29) is 24.6 Å². The third-order valence-electron chi connectivity index (χ3n) is 2.61. The molecule has 0 saturated carbocycles. The molecule has 1 aromatic carbocycles. The predicted octanol–water partition coefficient (Wildman–Crippen LogP) is 0.710. The minimum Gasteiger partial charge on any atom is -0.478 e. The summed E-state index contributed by atoms with van der Waals surface area (Å²) in [7, 11) is 0. The third kappa shape index (κ3) is 6.42. The van der Waals surface area contributed by atoms with Crippen LogP contribution in [0.4, 0.5) is 4.79 Å². The van der Waals surface area contributed by atoms with Gasteiger partial charge in [0, 0.05) is 13.1 Å². The molecule has 0 aliphatic rings. The summed E-state index contributed by atoms with van der Waals surface area (Å²) in [5, 5.41) is 16.5. The van der Waals surface area contributed by atoms with Crippen LogP contribution >= 0.6 is 0 Å². The number of nitrogens with one attached hydrogen (secondary N) is 3. The van der Waals surface area contributed by atoms with Crippen LogP contribution in [0.5, 0.6) is 0 Å². The lowest BCUT2D eigenvalue weighted by atomic mass is 10.1. The zero-order valence-electron chi connectivity index (χ0n) is 11.8. The fourth-order valence-electron chi connectivity index (χ4n) is 1.55. The number of carboxylic acid groups (broad SMARTS) is 1. The highest BCUT2D eigenvalue weighted by molar-refractivity contribution is 5.87. The van der Waals surface area contributed by atoms with Gasteiger partial charge in [-0.1, -0.05) is 19.1 Å². The van der Waals surface area contributed by atoms with Crippen LogP contribution in [-0.2, 0) is 11.3 Å². The highest BCUT2D eigenvalue weighted by atomic mass is 16.4. The van der Waals surface area contributed by atoms with Gasteiger partial charge in [0.2, 0.25) is 5.91 Å². The van der Waals surface area contributed by atoms with E-state index in [0.29, 0.717) is 12.1 Å². The first-order chi connectivity index (χ1) is 10.0. The van der Waals surface area contributed by atoms with Crippen molar-refractivity contribution in [1.29, 1.82) is 0 Å². The van der Waals surface area contributed by atoms with Gasteiger partial charge in [0.05, 0.1) is 12.1 Å². The Morgan fingerprint density at radius 2 is 1.90 bits per heavy atom. The maximum Gasteiger partial charge on any atom is 0.335 e. The van der Waals surface area contributed by atoms with Gasteiger partial charge in [0.15, 0.2) is 0 Å². The minimum absolute atomic E-state index is 0.0962. The third-order valence-corrected chi connectivity index (χ3v) is 2.61. The number of carbonyl (C=O) groups is 3. The van der Waals surface area contributed by atoms with E-state index in [9.17, 15) is 14.4 Å². The molecule has 0 saturated heterocycles. The molecule has 3 amide bonds. The lowest BCUT2D eigenvalue weighted by Gasteiger charge is -2.08. The van der Waals surface area contributed by atoms with E-state index in [2.05, 4.69) is 16.0 Å². The average molecular weight is 293 g/mol. The monoisotopic (exact) mass is 293 g/mol. The molecule has 0 aromatic heterocycles. The Balaban J connectivity index is 2.34. The number of carboxylic acids is 1. The van der Waals surface area contributed by atoms with Gasteiger partial charge < -0.3 is 21.1 Å². The van der Waals surface area contributed by atoms with Crippen LogP contribution in [0.2, 0.25) is 0 Å². The van der Waals surface area contributed by atoms with E-state index in [1.807, 2.05) is 6.92 Å². The highest BCUT2D eigenvalue weighted by Gasteiger charge is 2.06. The maximum absolute atomic E-state index is 11.5. The van der Waals surface area contributed by atoms with Gasteiger partial charge in [-0.15, -0.1) is 0 Å². The summed E-state index contributed by atoms with van der Waals surface area (Å²) in [5.74, 6) is -1.27. The van der Waals surface area contributed by atoms with E-state index in [1.165, 1.54) is 12.1 Å². The number of aromatic carboxylic acids is 1. The highest BCUT2D eigenvalue weighted by Crippen LogP contribution is 2.04. The summed E-state index contributed by atoms with van der Waals surface area (Å²) in [6.45, 7) is 2.60. The minimum atomic E-state index is -1.02. The molecular formula is C14H19N3O4. The SMILES string of the molecule is CCCNC(=O)CNC(=O)NCc1cccc(C(=O)O)c1. The number of urea groups is 1. The van der Waals surface area contributed by atoms with Crippen LogP contribution in [0, 0.1) is 0 Å². The van der Waals surface area contributed by atoms with E-state index < -0.39 is 12.0 Å². The van der Waals surface area contributed by atoms with Crippen molar-refractivity contribution in [2.75, 3.05) is 13.1 Å². The summed E-state index contributed by atoms with van der Waals surface area (Å²) < 4.78 is 0. The van der Waals surface area contributed by atoms with Crippen LogP contribution in [0.25, 0.3) is 0 Å². The van der Waals surface area contributed by atoms with Crippen molar-refractivity contribution in [3.8, 4) is 0 Å². The van der Waals surface area contributed by atoms with Gasteiger partial charge in [0.1, 0.15) is 0 Å². The first-order valence-electron chi connectivity index (χ1n) is 6.63. The zero-order valence-corrected chi connectivity index (χ0v) is 11.8. The van der Waals surface area contributed by atoms with Crippen LogP contribution in [0.1, 0.15) is 29.3 Å². The molecule has 0 unspecified atom stereocenters. The van der Waals surface area contributed by atoms with Gasteiger partial charge in [-0.2, -0.15) is 0 Å². The number of carbonyl (C=O) groups excluding carboxylic acids is 2. The Labute approximate surface area is 122 Å². The zero-order chi connectivity index (χ0) is 15.7. The van der Waals surface area contributed by atoms with E-state index in [1.54, 1.807) is 12.1 Å². The molecule has 114 valence electrons. The van der Waals surface area contributed by atoms with Crippen LogP contribution in [0.3, 0.4) is 0 Å². The molecule has 0 aliphatic carbocycles. The van der Waals surface area contributed by atoms with Crippen molar-refractivity contribution < 1.29 is 19.5 Å². The molecule has 21 heavy (non-hydrogen) atoms. The quantitative estimate of drug-likeness (QED) is 0.594. The average Bonchev–Trinajstić information content (AvgIpc) is 2.49. The van der Waals surface area contributed by atoms with Gasteiger partial charge in [-0.05, 0) is 24.1 Å². The summed E-state index contributed by atoms with van der Waals surface area (Å²) in [6, 6.07) is 5.79. The van der Waals surface area contributed by atoms with Gasteiger partial charge in [-0.3, -0.25) is 4.79 Å². The number of benzene rings is 1. The first kappa shape index (κ1) is 16.5. The summed E-state index contributed by atoms with van der Waals surface area (Å²) in [4.78, 5) is 33.6.